The molecule has 1 amide bonds. The highest BCUT2D eigenvalue weighted by molar-refractivity contribution is 6.35. The fourth-order valence-corrected chi connectivity index (χ4v) is 2.42. The van der Waals surface area contributed by atoms with Gasteiger partial charge in [-0.15, -0.1) is 0 Å². The van der Waals surface area contributed by atoms with Crippen molar-refractivity contribution < 1.29 is 14.7 Å². The summed E-state index contributed by atoms with van der Waals surface area (Å²) in [7, 11) is 0. The number of rotatable bonds is 2. The number of carboxylic acid groups (broad SMARTS) is 1. The topological polar surface area (TPSA) is 70.5 Å². The van der Waals surface area contributed by atoms with Gasteiger partial charge in [-0.1, -0.05) is 23.2 Å². The normalized spacial score (nSPS) is 16.4. The third kappa shape index (κ3) is 3.16. The summed E-state index contributed by atoms with van der Waals surface area (Å²) in [6.07, 6.45) is 2.25. The zero-order valence-electron chi connectivity index (χ0n) is 9.97. The Morgan fingerprint density at radius 3 is 2.53 bits per heavy atom. The van der Waals surface area contributed by atoms with Crippen LogP contribution >= 0.6 is 23.2 Å². The Morgan fingerprint density at radius 2 is 1.95 bits per heavy atom. The van der Waals surface area contributed by atoms with Crippen molar-refractivity contribution in [1.29, 1.82) is 0 Å². The molecule has 2 rings (SSSR count). The molecular formula is C12H12Cl2N2O3. The molecule has 1 fully saturated rings. The number of nitrogens with zero attached hydrogens (tertiary/aromatic N) is 2. The summed E-state index contributed by atoms with van der Waals surface area (Å²) in [4.78, 5) is 28.5. The van der Waals surface area contributed by atoms with Crippen molar-refractivity contribution in [1.82, 2.24) is 9.88 Å². The van der Waals surface area contributed by atoms with Crippen molar-refractivity contribution in [3.05, 3.63) is 28.0 Å². The van der Waals surface area contributed by atoms with Crippen LogP contribution in [0.15, 0.2) is 12.3 Å². The summed E-state index contributed by atoms with van der Waals surface area (Å²) in [5, 5.41) is 9.36. The number of halogens is 2. The summed E-state index contributed by atoms with van der Waals surface area (Å²) in [5.74, 6) is -1.42. The first kappa shape index (κ1) is 14.1. The predicted molar refractivity (Wildman–Crippen MR) is 70.5 cm³/mol. The average molecular weight is 303 g/mol. The number of amides is 1. The molecule has 0 spiro atoms. The molecular weight excluding hydrogens is 291 g/mol. The van der Waals surface area contributed by atoms with Crippen molar-refractivity contribution in [2.24, 2.45) is 5.92 Å². The Balaban J connectivity index is 2.09. The van der Waals surface area contributed by atoms with Crippen LogP contribution in [0.25, 0.3) is 0 Å². The van der Waals surface area contributed by atoms with Gasteiger partial charge in [0, 0.05) is 19.3 Å². The molecule has 0 saturated carbocycles. The Hall–Kier alpha value is -1.33. The first-order valence-electron chi connectivity index (χ1n) is 5.82. The van der Waals surface area contributed by atoms with Crippen molar-refractivity contribution in [3.63, 3.8) is 0 Å². The minimum Gasteiger partial charge on any atom is -0.481 e. The number of likely N-dealkylation sites (tertiary alicyclic amines) is 1. The van der Waals surface area contributed by atoms with Gasteiger partial charge >= 0.3 is 5.97 Å². The highest BCUT2D eigenvalue weighted by atomic mass is 35.5. The van der Waals surface area contributed by atoms with Crippen molar-refractivity contribution in [2.75, 3.05) is 13.1 Å². The maximum absolute atomic E-state index is 12.3. The van der Waals surface area contributed by atoms with E-state index in [9.17, 15) is 9.59 Å². The molecule has 7 heteroatoms. The van der Waals surface area contributed by atoms with E-state index >= 15 is 0 Å². The molecule has 0 aliphatic carbocycles. The van der Waals surface area contributed by atoms with E-state index in [1.54, 1.807) is 4.90 Å². The van der Waals surface area contributed by atoms with Crippen LogP contribution < -0.4 is 0 Å². The number of carboxylic acids is 1. The second kappa shape index (κ2) is 5.75. The van der Waals surface area contributed by atoms with E-state index in [-0.39, 0.29) is 22.0 Å². The average Bonchev–Trinajstić information content (AvgIpc) is 2.41. The van der Waals surface area contributed by atoms with E-state index in [1.807, 2.05) is 0 Å². The standard InChI is InChI=1S/C12H12Cl2N2O3/c13-9-6-15-10(14)5-8(9)11(17)16-3-1-7(2-4-16)12(18)19/h5-7H,1-4H2,(H,18,19). The Bertz CT molecular complexity index is 514. The molecule has 1 aliphatic heterocycles. The molecule has 0 radical (unpaired) electrons. The van der Waals surface area contributed by atoms with Crippen LogP contribution in [0.3, 0.4) is 0 Å². The first-order valence-corrected chi connectivity index (χ1v) is 6.57. The number of hydrogen-bond donors (Lipinski definition) is 1. The molecule has 1 aromatic rings. The number of hydrogen-bond acceptors (Lipinski definition) is 3. The Labute approximate surface area is 120 Å². The lowest BCUT2D eigenvalue weighted by atomic mass is 9.97. The van der Waals surface area contributed by atoms with Crippen LogP contribution in [0, 0.1) is 5.92 Å². The van der Waals surface area contributed by atoms with E-state index in [0.29, 0.717) is 31.5 Å². The van der Waals surface area contributed by atoms with Gasteiger partial charge < -0.3 is 10.0 Å². The summed E-state index contributed by atoms with van der Waals surface area (Å²) >= 11 is 11.7. The van der Waals surface area contributed by atoms with Gasteiger partial charge in [-0.05, 0) is 18.9 Å². The Kier molecular flexibility index (Phi) is 4.27. The van der Waals surface area contributed by atoms with Crippen LogP contribution in [-0.4, -0.2) is 40.0 Å². The quantitative estimate of drug-likeness (QED) is 0.851. The van der Waals surface area contributed by atoms with Crippen LogP contribution in [0.1, 0.15) is 23.2 Å². The van der Waals surface area contributed by atoms with Crippen molar-refractivity contribution in [2.45, 2.75) is 12.8 Å². The molecule has 5 nitrogen and oxygen atoms in total. The number of aromatic nitrogens is 1. The summed E-state index contributed by atoms with van der Waals surface area (Å²) in [6, 6.07) is 1.43. The molecule has 19 heavy (non-hydrogen) atoms. The van der Waals surface area contributed by atoms with Crippen LogP contribution in [0.4, 0.5) is 0 Å². The fourth-order valence-electron chi connectivity index (χ4n) is 2.08. The first-order chi connectivity index (χ1) is 8.99. The third-order valence-corrected chi connectivity index (χ3v) is 3.69. The Morgan fingerprint density at radius 1 is 1.32 bits per heavy atom. The van der Waals surface area contributed by atoms with Gasteiger partial charge in [-0.3, -0.25) is 9.59 Å². The fraction of sp³-hybridized carbons (Fsp3) is 0.417. The third-order valence-electron chi connectivity index (χ3n) is 3.18. The lowest BCUT2D eigenvalue weighted by molar-refractivity contribution is -0.143. The number of piperidine rings is 1. The van der Waals surface area contributed by atoms with E-state index in [4.69, 9.17) is 28.3 Å². The lowest BCUT2D eigenvalue weighted by Gasteiger charge is -2.30. The minimum atomic E-state index is -0.808. The van der Waals surface area contributed by atoms with Gasteiger partial charge in [-0.25, -0.2) is 4.98 Å². The smallest absolute Gasteiger partial charge is 0.306 e. The minimum absolute atomic E-state index is 0.202. The van der Waals surface area contributed by atoms with Crippen LogP contribution in [0.2, 0.25) is 10.2 Å². The molecule has 0 bridgehead atoms. The van der Waals surface area contributed by atoms with E-state index in [1.165, 1.54) is 12.3 Å². The monoisotopic (exact) mass is 302 g/mol. The van der Waals surface area contributed by atoms with Crippen molar-refractivity contribution in [3.8, 4) is 0 Å². The number of pyridine rings is 1. The molecule has 0 aromatic carbocycles. The molecule has 1 N–H and O–H groups in total. The SMILES string of the molecule is O=C(O)C1CCN(C(=O)c2cc(Cl)ncc2Cl)CC1. The molecule has 0 unspecified atom stereocenters. The molecule has 2 heterocycles. The van der Waals surface area contributed by atoms with Gasteiger partial charge in [0.2, 0.25) is 0 Å². The number of aliphatic carboxylic acids is 1. The summed E-state index contributed by atoms with van der Waals surface area (Å²) in [5.41, 5.74) is 0.301. The van der Waals surface area contributed by atoms with Gasteiger partial charge in [0.15, 0.2) is 0 Å². The second-order valence-electron chi connectivity index (χ2n) is 4.39. The van der Waals surface area contributed by atoms with Gasteiger partial charge in [0.25, 0.3) is 5.91 Å². The number of carbonyl (C=O) groups is 2. The summed E-state index contributed by atoms with van der Waals surface area (Å²) < 4.78 is 0. The number of carbonyl (C=O) groups excluding carboxylic acids is 1. The van der Waals surface area contributed by atoms with Gasteiger partial charge in [0.05, 0.1) is 16.5 Å². The zero-order chi connectivity index (χ0) is 14.0. The maximum atomic E-state index is 12.3. The highest BCUT2D eigenvalue weighted by Crippen LogP contribution is 2.23. The molecule has 1 saturated heterocycles. The second-order valence-corrected chi connectivity index (χ2v) is 5.19. The summed E-state index contributed by atoms with van der Waals surface area (Å²) in [6.45, 7) is 0.818. The van der Waals surface area contributed by atoms with Gasteiger partial charge in [0.1, 0.15) is 5.15 Å². The van der Waals surface area contributed by atoms with Crippen LogP contribution in [0.5, 0.6) is 0 Å². The lowest BCUT2D eigenvalue weighted by Crippen LogP contribution is -2.40. The predicted octanol–water partition coefficient (Wildman–Crippen LogP) is 2.33. The maximum Gasteiger partial charge on any atom is 0.306 e. The zero-order valence-corrected chi connectivity index (χ0v) is 11.5. The van der Waals surface area contributed by atoms with Crippen molar-refractivity contribution >= 4 is 35.1 Å². The highest BCUT2D eigenvalue weighted by Gasteiger charge is 2.28. The van der Waals surface area contributed by atoms with E-state index in [0.717, 1.165) is 0 Å². The molecule has 1 aromatic heterocycles. The largest absolute Gasteiger partial charge is 0.481 e. The molecule has 102 valence electrons. The molecule has 0 atom stereocenters. The molecule has 1 aliphatic rings. The van der Waals surface area contributed by atoms with Gasteiger partial charge in [-0.2, -0.15) is 0 Å². The van der Waals surface area contributed by atoms with E-state index in [2.05, 4.69) is 4.98 Å². The van der Waals surface area contributed by atoms with Crippen LogP contribution in [-0.2, 0) is 4.79 Å². The van der Waals surface area contributed by atoms with E-state index < -0.39 is 5.97 Å².